The molecule has 7 heteroatoms. The number of esters is 1. The Morgan fingerprint density at radius 2 is 1.78 bits per heavy atom. The second kappa shape index (κ2) is 7.94. The van der Waals surface area contributed by atoms with E-state index in [1.54, 1.807) is 0 Å². The maximum Gasteiger partial charge on any atom is 0.340 e. The molecule has 0 unspecified atom stereocenters. The smallest absolute Gasteiger partial charge is 0.340 e. The number of ether oxygens (including phenoxy) is 1. The fraction of sp³-hybridized carbons (Fsp3) is 0.125. The molecule has 2 aromatic rings. The Bertz CT molecular complexity index is 723. The van der Waals surface area contributed by atoms with Crippen LogP contribution in [0.4, 0.5) is 4.39 Å². The number of carbonyl (C=O) groups excluding carboxylic acids is 2. The molecule has 1 N–H and O–H groups in total. The predicted octanol–water partition coefficient (Wildman–Crippen LogP) is 3.61. The van der Waals surface area contributed by atoms with Crippen molar-refractivity contribution in [2.75, 3.05) is 6.61 Å². The van der Waals surface area contributed by atoms with E-state index in [4.69, 9.17) is 27.9 Å². The van der Waals surface area contributed by atoms with Gasteiger partial charge in [0.05, 0.1) is 15.6 Å². The van der Waals surface area contributed by atoms with Crippen LogP contribution in [0.1, 0.15) is 15.9 Å². The minimum Gasteiger partial charge on any atom is -0.452 e. The number of amides is 1. The number of halogens is 3. The van der Waals surface area contributed by atoms with Gasteiger partial charge in [0.15, 0.2) is 6.61 Å². The van der Waals surface area contributed by atoms with Gasteiger partial charge < -0.3 is 10.1 Å². The number of rotatable bonds is 5. The summed E-state index contributed by atoms with van der Waals surface area (Å²) in [5.74, 6) is -2.18. The van der Waals surface area contributed by atoms with Crippen LogP contribution in [0.5, 0.6) is 0 Å². The summed E-state index contributed by atoms with van der Waals surface area (Å²) < 4.78 is 18.2. The van der Waals surface area contributed by atoms with Crippen molar-refractivity contribution < 1.29 is 18.7 Å². The van der Waals surface area contributed by atoms with Gasteiger partial charge in [-0.15, -0.1) is 0 Å². The molecule has 0 saturated carbocycles. The van der Waals surface area contributed by atoms with Gasteiger partial charge in [-0.25, -0.2) is 9.18 Å². The number of carbonyl (C=O) groups is 2. The van der Waals surface area contributed by atoms with Crippen molar-refractivity contribution in [1.29, 1.82) is 0 Å². The highest BCUT2D eigenvalue weighted by Crippen LogP contribution is 2.24. The zero-order valence-electron chi connectivity index (χ0n) is 11.8. The normalized spacial score (nSPS) is 10.2. The van der Waals surface area contributed by atoms with Crippen molar-refractivity contribution >= 4 is 35.1 Å². The van der Waals surface area contributed by atoms with Crippen LogP contribution < -0.4 is 5.32 Å². The molecule has 0 radical (unpaired) electrons. The first-order chi connectivity index (χ1) is 11.0. The molecule has 4 nitrogen and oxygen atoms in total. The summed E-state index contributed by atoms with van der Waals surface area (Å²) >= 11 is 11.3. The third kappa shape index (κ3) is 4.94. The van der Waals surface area contributed by atoms with Crippen LogP contribution in [0.3, 0.4) is 0 Å². The van der Waals surface area contributed by atoms with Crippen LogP contribution in [-0.2, 0) is 16.1 Å². The zero-order chi connectivity index (χ0) is 16.8. The summed E-state index contributed by atoms with van der Waals surface area (Å²) in [7, 11) is 0. The Hall–Kier alpha value is -2.11. The SMILES string of the molecule is O=C(COC(=O)c1cc(F)c(Cl)cc1Cl)NCc1ccccc1. The first-order valence-electron chi connectivity index (χ1n) is 6.59. The molecule has 2 aromatic carbocycles. The topological polar surface area (TPSA) is 55.4 Å². The maximum atomic E-state index is 13.3. The molecule has 0 bridgehead atoms. The third-order valence-electron chi connectivity index (χ3n) is 2.90. The average molecular weight is 356 g/mol. The van der Waals surface area contributed by atoms with Crippen LogP contribution in [0.2, 0.25) is 10.0 Å². The van der Waals surface area contributed by atoms with Crippen LogP contribution in [0, 0.1) is 5.82 Å². The molecule has 0 fully saturated rings. The summed E-state index contributed by atoms with van der Waals surface area (Å²) in [6, 6.07) is 11.2. The van der Waals surface area contributed by atoms with E-state index >= 15 is 0 Å². The molecular weight excluding hydrogens is 344 g/mol. The molecule has 0 heterocycles. The van der Waals surface area contributed by atoms with Crippen molar-refractivity contribution in [2.24, 2.45) is 0 Å². The number of hydrogen-bond acceptors (Lipinski definition) is 3. The van der Waals surface area contributed by atoms with Gasteiger partial charge in [0, 0.05) is 6.54 Å². The van der Waals surface area contributed by atoms with E-state index in [9.17, 15) is 14.0 Å². The minimum atomic E-state index is -0.902. The summed E-state index contributed by atoms with van der Waals surface area (Å²) in [6.07, 6.45) is 0. The van der Waals surface area contributed by atoms with Gasteiger partial charge in [-0.2, -0.15) is 0 Å². The quantitative estimate of drug-likeness (QED) is 0.658. The van der Waals surface area contributed by atoms with Crippen LogP contribution >= 0.6 is 23.2 Å². The summed E-state index contributed by atoms with van der Waals surface area (Å²) in [5, 5.41) is 2.34. The van der Waals surface area contributed by atoms with Crippen molar-refractivity contribution in [3.63, 3.8) is 0 Å². The second-order valence-corrected chi connectivity index (χ2v) is 5.40. The Balaban J connectivity index is 1.87. The molecule has 0 aliphatic carbocycles. The third-order valence-corrected chi connectivity index (χ3v) is 3.50. The summed E-state index contributed by atoms with van der Waals surface area (Å²) in [4.78, 5) is 23.5. The fourth-order valence-corrected chi connectivity index (χ4v) is 2.20. The largest absolute Gasteiger partial charge is 0.452 e. The summed E-state index contributed by atoms with van der Waals surface area (Å²) in [5.41, 5.74) is 0.722. The van der Waals surface area contributed by atoms with Gasteiger partial charge in [-0.05, 0) is 17.7 Å². The van der Waals surface area contributed by atoms with Crippen molar-refractivity contribution in [2.45, 2.75) is 6.54 Å². The van der Waals surface area contributed by atoms with Gasteiger partial charge in [-0.3, -0.25) is 4.79 Å². The first kappa shape index (κ1) is 17.2. The van der Waals surface area contributed by atoms with E-state index in [1.165, 1.54) is 0 Å². The Labute approximate surface area is 142 Å². The van der Waals surface area contributed by atoms with E-state index in [2.05, 4.69) is 5.32 Å². The van der Waals surface area contributed by atoms with Crippen LogP contribution in [0.15, 0.2) is 42.5 Å². The molecular formula is C16H12Cl2FNO3. The van der Waals surface area contributed by atoms with E-state index in [0.717, 1.165) is 17.7 Å². The maximum absolute atomic E-state index is 13.3. The molecule has 0 saturated heterocycles. The predicted molar refractivity (Wildman–Crippen MR) is 85.0 cm³/mol. The highest BCUT2D eigenvalue weighted by molar-refractivity contribution is 6.36. The molecule has 2 rings (SSSR count). The number of nitrogens with one attached hydrogen (secondary N) is 1. The fourth-order valence-electron chi connectivity index (χ4n) is 1.74. The van der Waals surface area contributed by atoms with Crippen molar-refractivity contribution in [1.82, 2.24) is 5.32 Å². The van der Waals surface area contributed by atoms with Gasteiger partial charge in [0.1, 0.15) is 5.82 Å². The van der Waals surface area contributed by atoms with E-state index in [-0.39, 0.29) is 15.6 Å². The Kier molecular flexibility index (Phi) is 5.96. The van der Waals surface area contributed by atoms with E-state index in [0.29, 0.717) is 6.54 Å². The number of hydrogen-bond donors (Lipinski definition) is 1. The molecule has 0 aromatic heterocycles. The van der Waals surface area contributed by atoms with Gasteiger partial charge in [0.25, 0.3) is 5.91 Å². The summed E-state index contributed by atoms with van der Waals surface area (Å²) in [6.45, 7) is -0.181. The van der Waals surface area contributed by atoms with Crippen LogP contribution in [-0.4, -0.2) is 18.5 Å². The molecule has 0 spiro atoms. The second-order valence-electron chi connectivity index (χ2n) is 4.58. The van der Waals surface area contributed by atoms with Gasteiger partial charge in [-0.1, -0.05) is 53.5 Å². The lowest BCUT2D eigenvalue weighted by molar-refractivity contribution is -0.124. The molecule has 120 valence electrons. The lowest BCUT2D eigenvalue weighted by Gasteiger charge is -2.08. The monoisotopic (exact) mass is 355 g/mol. The lowest BCUT2D eigenvalue weighted by atomic mass is 10.2. The molecule has 0 aliphatic rings. The van der Waals surface area contributed by atoms with E-state index in [1.807, 2.05) is 30.3 Å². The Morgan fingerprint density at radius 1 is 1.09 bits per heavy atom. The van der Waals surface area contributed by atoms with Crippen molar-refractivity contribution in [3.05, 3.63) is 69.5 Å². The lowest BCUT2D eigenvalue weighted by Crippen LogP contribution is -2.28. The van der Waals surface area contributed by atoms with Gasteiger partial charge in [0.2, 0.25) is 0 Å². The van der Waals surface area contributed by atoms with E-state index < -0.39 is 24.3 Å². The first-order valence-corrected chi connectivity index (χ1v) is 7.35. The van der Waals surface area contributed by atoms with Gasteiger partial charge >= 0.3 is 5.97 Å². The van der Waals surface area contributed by atoms with Crippen LogP contribution in [0.25, 0.3) is 0 Å². The molecule has 0 aliphatic heterocycles. The highest BCUT2D eigenvalue weighted by Gasteiger charge is 2.16. The highest BCUT2D eigenvalue weighted by atomic mass is 35.5. The molecule has 1 amide bonds. The molecule has 23 heavy (non-hydrogen) atoms. The standard InChI is InChI=1S/C16H12Cl2FNO3/c17-12-7-13(18)14(19)6-11(12)16(22)23-9-15(21)20-8-10-4-2-1-3-5-10/h1-7H,8-9H2,(H,20,21). The number of benzene rings is 2. The molecule has 0 atom stereocenters. The zero-order valence-corrected chi connectivity index (χ0v) is 13.3. The minimum absolute atomic E-state index is 0.0499. The van der Waals surface area contributed by atoms with Crippen molar-refractivity contribution in [3.8, 4) is 0 Å². The Morgan fingerprint density at radius 3 is 2.48 bits per heavy atom. The average Bonchev–Trinajstić information content (AvgIpc) is 2.55.